The van der Waals surface area contributed by atoms with E-state index in [0.29, 0.717) is 41.5 Å². The van der Waals surface area contributed by atoms with Gasteiger partial charge in [-0.15, -0.1) is 0 Å². The summed E-state index contributed by atoms with van der Waals surface area (Å²) in [5.41, 5.74) is 6.72. The number of carbonyl (C=O) groups is 1. The zero-order valence-electron chi connectivity index (χ0n) is 15.5. The topological polar surface area (TPSA) is 73.4 Å². The molecule has 0 aliphatic carbocycles. The van der Waals surface area contributed by atoms with Gasteiger partial charge in [-0.05, 0) is 37.1 Å². The molecule has 2 N–H and O–H groups in total. The first-order chi connectivity index (χ1) is 12.3. The molecule has 1 atom stereocenters. The number of benzene rings is 1. The fourth-order valence-electron chi connectivity index (χ4n) is 3.69. The summed E-state index contributed by atoms with van der Waals surface area (Å²) in [6.07, 6.45) is 4.31. The van der Waals surface area contributed by atoms with Crippen LogP contribution in [-0.2, 0) is 10.3 Å². The Balaban J connectivity index is 2.66. The van der Waals surface area contributed by atoms with Gasteiger partial charge < -0.3 is 15.5 Å². The third-order valence-electron chi connectivity index (χ3n) is 4.72. The van der Waals surface area contributed by atoms with Crippen LogP contribution in [0.3, 0.4) is 0 Å². The highest BCUT2D eigenvalue weighted by molar-refractivity contribution is 6.32. The molecule has 0 aromatic heterocycles. The van der Waals surface area contributed by atoms with Gasteiger partial charge in [0.1, 0.15) is 0 Å². The van der Waals surface area contributed by atoms with Crippen molar-refractivity contribution in [1.29, 1.82) is 5.26 Å². The van der Waals surface area contributed by atoms with Gasteiger partial charge in [-0.3, -0.25) is 4.79 Å². The van der Waals surface area contributed by atoms with Crippen molar-refractivity contribution in [2.75, 3.05) is 13.6 Å². The van der Waals surface area contributed by atoms with Crippen LogP contribution in [-0.4, -0.2) is 29.3 Å². The molecule has 1 aliphatic heterocycles. The normalized spacial score (nSPS) is 21.1. The molecule has 138 valence electrons. The SMILES string of the molecule is C=CN1/C(=C\N)CCC1(C(=O)N(C)CC(C)C)c1ccc(C#N)cc1Cl. The van der Waals surface area contributed by atoms with Crippen LogP contribution < -0.4 is 5.73 Å². The number of hydrogen-bond acceptors (Lipinski definition) is 4. The van der Waals surface area contributed by atoms with Gasteiger partial charge in [0.15, 0.2) is 5.54 Å². The third kappa shape index (κ3) is 3.30. The van der Waals surface area contributed by atoms with E-state index in [1.165, 1.54) is 6.20 Å². The predicted molar refractivity (Wildman–Crippen MR) is 104 cm³/mol. The second kappa shape index (κ2) is 7.84. The van der Waals surface area contributed by atoms with Crippen molar-refractivity contribution in [3.63, 3.8) is 0 Å². The maximum atomic E-state index is 13.6. The first-order valence-corrected chi connectivity index (χ1v) is 8.98. The molecule has 0 bridgehead atoms. The van der Waals surface area contributed by atoms with E-state index in [1.54, 1.807) is 36.3 Å². The van der Waals surface area contributed by atoms with Crippen LogP contribution in [0.4, 0.5) is 0 Å². The van der Waals surface area contributed by atoms with Gasteiger partial charge in [0.05, 0.1) is 11.6 Å². The van der Waals surface area contributed by atoms with E-state index < -0.39 is 5.54 Å². The maximum Gasteiger partial charge on any atom is 0.253 e. The van der Waals surface area contributed by atoms with Crippen LogP contribution in [0.15, 0.2) is 42.9 Å². The molecule has 1 aliphatic rings. The standard InChI is InChI=1S/C20H25ClN4O/c1-5-25-16(12-23)8-9-20(25,19(26)24(4)13-14(2)3)17-7-6-15(11-22)10-18(17)21/h5-7,10,12,14H,1,8-9,13,23H2,2-4H3/b16-12-. The van der Waals surface area contributed by atoms with E-state index in [0.717, 1.165) is 5.70 Å². The van der Waals surface area contributed by atoms with Crippen LogP contribution in [0, 0.1) is 17.2 Å². The van der Waals surface area contributed by atoms with E-state index in [-0.39, 0.29) is 5.91 Å². The Labute approximate surface area is 160 Å². The van der Waals surface area contributed by atoms with E-state index in [4.69, 9.17) is 22.6 Å². The van der Waals surface area contributed by atoms with Crippen molar-refractivity contribution in [2.45, 2.75) is 32.2 Å². The number of likely N-dealkylation sites (N-methyl/N-ethyl adjacent to an activating group) is 1. The van der Waals surface area contributed by atoms with Crippen molar-refractivity contribution >= 4 is 17.5 Å². The van der Waals surface area contributed by atoms with Crippen molar-refractivity contribution < 1.29 is 4.79 Å². The third-order valence-corrected chi connectivity index (χ3v) is 5.03. The minimum Gasteiger partial charge on any atom is -0.403 e. The molecule has 0 saturated carbocycles. The number of carbonyl (C=O) groups excluding carboxylic acids is 1. The molecule has 0 radical (unpaired) electrons. The number of allylic oxidation sites excluding steroid dienone is 1. The highest BCUT2D eigenvalue weighted by atomic mass is 35.5. The maximum absolute atomic E-state index is 13.6. The molecule has 1 aromatic carbocycles. The summed E-state index contributed by atoms with van der Waals surface area (Å²) in [6.45, 7) is 8.65. The Kier molecular flexibility index (Phi) is 5.99. The molecule has 1 saturated heterocycles. The van der Waals surface area contributed by atoms with Crippen molar-refractivity contribution in [1.82, 2.24) is 9.80 Å². The van der Waals surface area contributed by atoms with Gasteiger partial charge >= 0.3 is 0 Å². The first kappa shape index (κ1) is 19.9. The largest absolute Gasteiger partial charge is 0.403 e. The number of halogens is 1. The van der Waals surface area contributed by atoms with Crippen LogP contribution in [0.25, 0.3) is 0 Å². The summed E-state index contributed by atoms with van der Waals surface area (Å²) < 4.78 is 0. The lowest BCUT2D eigenvalue weighted by molar-refractivity contribution is -0.140. The van der Waals surface area contributed by atoms with Gasteiger partial charge in [-0.2, -0.15) is 5.26 Å². The Morgan fingerprint density at radius 3 is 2.77 bits per heavy atom. The molecular formula is C20H25ClN4O. The summed E-state index contributed by atoms with van der Waals surface area (Å²) in [4.78, 5) is 17.1. The minimum atomic E-state index is -1.01. The second-order valence-electron chi connectivity index (χ2n) is 6.96. The first-order valence-electron chi connectivity index (χ1n) is 8.60. The van der Waals surface area contributed by atoms with Crippen LogP contribution >= 0.6 is 11.6 Å². The number of amides is 1. The van der Waals surface area contributed by atoms with Crippen molar-refractivity contribution in [3.8, 4) is 6.07 Å². The quantitative estimate of drug-likeness (QED) is 0.857. The zero-order valence-corrected chi connectivity index (χ0v) is 16.3. The molecule has 1 amide bonds. The Hall–Kier alpha value is -2.45. The molecule has 0 spiro atoms. The highest BCUT2D eigenvalue weighted by Gasteiger charge is 2.52. The summed E-state index contributed by atoms with van der Waals surface area (Å²) in [7, 11) is 1.80. The van der Waals surface area contributed by atoms with Crippen LogP contribution in [0.5, 0.6) is 0 Å². The van der Waals surface area contributed by atoms with E-state index in [9.17, 15) is 4.79 Å². The predicted octanol–water partition coefficient (Wildman–Crippen LogP) is 3.56. The smallest absolute Gasteiger partial charge is 0.253 e. The monoisotopic (exact) mass is 372 g/mol. The molecule has 1 aromatic rings. The van der Waals surface area contributed by atoms with Gasteiger partial charge in [0.25, 0.3) is 5.91 Å². The minimum absolute atomic E-state index is 0.0606. The number of likely N-dealkylation sites (tertiary alicyclic amines) is 1. The lowest BCUT2D eigenvalue weighted by atomic mass is 9.85. The summed E-state index contributed by atoms with van der Waals surface area (Å²) in [5, 5.41) is 9.51. The number of nitrogens with two attached hydrogens (primary N) is 1. The fourth-order valence-corrected chi connectivity index (χ4v) is 4.02. The number of hydrogen-bond donors (Lipinski definition) is 1. The highest BCUT2D eigenvalue weighted by Crippen LogP contribution is 2.47. The molecule has 26 heavy (non-hydrogen) atoms. The van der Waals surface area contributed by atoms with Gasteiger partial charge in [-0.25, -0.2) is 0 Å². The van der Waals surface area contributed by atoms with Gasteiger partial charge in [0.2, 0.25) is 0 Å². The lowest BCUT2D eigenvalue weighted by Gasteiger charge is -2.40. The van der Waals surface area contributed by atoms with E-state index >= 15 is 0 Å². The molecule has 1 fully saturated rings. The van der Waals surface area contributed by atoms with Crippen LogP contribution in [0.1, 0.15) is 37.8 Å². The van der Waals surface area contributed by atoms with E-state index in [1.807, 2.05) is 4.90 Å². The molecule has 2 rings (SSSR count). The number of rotatable bonds is 5. The average Bonchev–Trinajstić information content (AvgIpc) is 2.99. The fraction of sp³-hybridized carbons (Fsp3) is 0.400. The second-order valence-corrected chi connectivity index (χ2v) is 7.36. The van der Waals surface area contributed by atoms with Crippen molar-refractivity contribution in [3.05, 3.63) is 59.0 Å². The van der Waals surface area contributed by atoms with Gasteiger partial charge in [-0.1, -0.05) is 38.1 Å². The lowest BCUT2D eigenvalue weighted by Crippen LogP contribution is -2.52. The molecule has 1 unspecified atom stereocenters. The number of nitriles is 1. The van der Waals surface area contributed by atoms with E-state index in [2.05, 4.69) is 26.5 Å². The summed E-state index contributed by atoms with van der Waals surface area (Å²) >= 11 is 6.51. The number of nitrogens with zero attached hydrogens (tertiary/aromatic N) is 3. The molecule has 1 heterocycles. The Morgan fingerprint density at radius 1 is 1.58 bits per heavy atom. The van der Waals surface area contributed by atoms with Crippen molar-refractivity contribution in [2.24, 2.45) is 11.7 Å². The average molecular weight is 373 g/mol. The molecule has 6 heteroatoms. The Morgan fingerprint density at radius 2 is 2.27 bits per heavy atom. The Bertz CT molecular complexity index is 781. The summed E-state index contributed by atoms with van der Waals surface area (Å²) in [6, 6.07) is 7.12. The van der Waals surface area contributed by atoms with Crippen LogP contribution in [0.2, 0.25) is 5.02 Å². The molecular weight excluding hydrogens is 348 g/mol. The zero-order chi connectivity index (χ0) is 19.5. The molecule has 5 nitrogen and oxygen atoms in total. The summed E-state index contributed by atoms with van der Waals surface area (Å²) in [5.74, 6) is 0.273. The van der Waals surface area contributed by atoms with Gasteiger partial charge in [0, 0.05) is 36.1 Å².